The summed E-state index contributed by atoms with van der Waals surface area (Å²) in [6.07, 6.45) is 0. The van der Waals surface area contributed by atoms with E-state index in [0.29, 0.717) is 5.56 Å². The van der Waals surface area contributed by atoms with Crippen molar-refractivity contribution in [2.75, 3.05) is 7.11 Å². The van der Waals surface area contributed by atoms with Crippen LogP contribution in [0.1, 0.15) is 16.5 Å². The van der Waals surface area contributed by atoms with Gasteiger partial charge in [-0.3, -0.25) is 0 Å². The van der Waals surface area contributed by atoms with E-state index in [4.69, 9.17) is 27.9 Å². The first-order chi connectivity index (χ1) is 8.61. The SMILES string of the molecule is COc1ccc(C(Cl)c2ccc(Cl)c(F)c2)cc1. The molecule has 0 heterocycles. The van der Waals surface area contributed by atoms with Crippen molar-refractivity contribution >= 4 is 23.2 Å². The van der Waals surface area contributed by atoms with Gasteiger partial charge in [-0.15, -0.1) is 11.6 Å². The zero-order chi connectivity index (χ0) is 13.1. The third kappa shape index (κ3) is 2.77. The summed E-state index contributed by atoms with van der Waals surface area (Å²) in [7, 11) is 1.60. The lowest BCUT2D eigenvalue weighted by molar-refractivity contribution is 0.414. The summed E-state index contributed by atoms with van der Waals surface area (Å²) in [5.74, 6) is 0.290. The molecule has 1 nitrogen and oxygen atoms in total. The quantitative estimate of drug-likeness (QED) is 0.735. The average Bonchev–Trinajstić information content (AvgIpc) is 2.41. The molecule has 2 rings (SSSR count). The van der Waals surface area contributed by atoms with Crippen LogP contribution < -0.4 is 4.74 Å². The normalized spacial score (nSPS) is 12.2. The molecule has 18 heavy (non-hydrogen) atoms. The summed E-state index contributed by atoms with van der Waals surface area (Å²) in [5, 5.41) is -0.319. The Hall–Kier alpha value is -1.25. The summed E-state index contributed by atoms with van der Waals surface area (Å²) >= 11 is 11.9. The minimum Gasteiger partial charge on any atom is -0.497 e. The predicted octanol–water partition coefficient (Wildman–Crippen LogP) is 4.82. The summed E-state index contributed by atoms with van der Waals surface area (Å²) in [6.45, 7) is 0. The second-order valence-corrected chi connectivity index (χ2v) is 4.65. The van der Waals surface area contributed by atoms with Crippen LogP contribution in [0.25, 0.3) is 0 Å². The third-order valence-corrected chi connectivity index (χ3v) is 3.46. The molecular weight excluding hydrogens is 274 g/mol. The highest BCUT2D eigenvalue weighted by Crippen LogP contribution is 2.31. The van der Waals surface area contributed by atoms with E-state index in [-0.39, 0.29) is 5.02 Å². The number of hydrogen-bond donors (Lipinski definition) is 0. The first-order valence-corrected chi connectivity index (χ1v) is 6.16. The molecule has 94 valence electrons. The fourth-order valence-corrected chi connectivity index (χ4v) is 2.03. The standard InChI is InChI=1S/C14H11Cl2FO/c1-18-11-5-2-9(3-6-11)14(16)10-4-7-12(15)13(17)8-10/h2-8,14H,1H3. The lowest BCUT2D eigenvalue weighted by Crippen LogP contribution is -1.94. The van der Waals surface area contributed by atoms with Gasteiger partial charge in [-0.25, -0.2) is 4.39 Å². The Morgan fingerprint density at radius 2 is 1.67 bits per heavy atom. The van der Waals surface area contributed by atoms with E-state index < -0.39 is 11.2 Å². The second kappa shape index (κ2) is 5.59. The van der Waals surface area contributed by atoms with E-state index >= 15 is 0 Å². The Bertz CT molecular complexity index is 540. The van der Waals surface area contributed by atoms with Crippen LogP contribution in [0.2, 0.25) is 5.02 Å². The highest BCUT2D eigenvalue weighted by Gasteiger charge is 2.12. The van der Waals surface area contributed by atoms with Crippen LogP contribution in [0, 0.1) is 5.82 Å². The predicted molar refractivity (Wildman–Crippen MR) is 72.1 cm³/mol. The van der Waals surface area contributed by atoms with Crippen LogP contribution in [-0.4, -0.2) is 7.11 Å². The molecule has 0 amide bonds. The molecule has 0 aromatic heterocycles. The van der Waals surface area contributed by atoms with Gasteiger partial charge in [-0.05, 0) is 35.4 Å². The molecule has 0 spiro atoms. The van der Waals surface area contributed by atoms with Gasteiger partial charge in [0.25, 0.3) is 0 Å². The number of halogens is 3. The molecule has 2 aromatic carbocycles. The van der Waals surface area contributed by atoms with Gasteiger partial charge >= 0.3 is 0 Å². The molecule has 1 atom stereocenters. The van der Waals surface area contributed by atoms with E-state index in [9.17, 15) is 4.39 Å². The number of hydrogen-bond acceptors (Lipinski definition) is 1. The van der Waals surface area contributed by atoms with Crippen molar-refractivity contribution in [1.29, 1.82) is 0 Å². The summed E-state index contributed by atoms with van der Waals surface area (Å²) in [6, 6.07) is 11.9. The number of alkyl halides is 1. The van der Waals surface area contributed by atoms with Crippen LogP contribution in [-0.2, 0) is 0 Å². The van der Waals surface area contributed by atoms with Crippen molar-refractivity contribution in [2.45, 2.75) is 5.38 Å². The lowest BCUT2D eigenvalue weighted by Gasteiger charge is -2.11. The van der Waals surface area contributed by atoms with Crippen molar-refractivity contribution in [3.8, 4) is 5.75 Å². The smallest absolute Gasteiger partial charge is 0.142 e. The maximum absolute atomic E-state index is 13.4. The Morgan fingerprint density at radius 3 is 2.22 bits per heavy atom. The van der Waals surface area contributed by atoms with E-state index in [1.54, 1.807) is 13.2 Å². The number of ether oxygens (including phenoxy) is 1. The van der Waals surface area contributed by atoms with Gasteiger partial charge in [0.2, 0.25) is 0 Å². The minimum absolute atomic E-state index is 0.0948. The van der Waals surface area contributed by atoms with Crippen molar-refractivity contribution in [3.63, 3.8) is 0 Å². The van der Waals surface area contributed by atoms with Gasteiger partial charge < -0.3 is 4.74 Å². The molecule has 0 aliphatic rings. The molecule has 1 unspecified atom stereocenters. The molecule has 0 fully saturated rings. The van der Waals surface area contributed by atoms with Gasteiger partial charge in [0.15, 0.2) is 0 Å². The molecule has 0 saturated carbocycles. The van der Waals surface area contributed by atoms with Crippen LogP contribution in [0.15, 0.2) is 42.5 Å². The van der Waals surface area contributed by atoms with E-state index in [1.165, 1.54) is 12.1 Å². The largest absolute Gasteiger partial charge is 0.497 e. The number of rotatable bonds is 3. The van der Waals surface area contributed by atoms with Crippen LogP contribution >= 0.6 is 23.2 Å². The summed E-state index contributed by atoms with van der Waals surface area (Å²) < 4.78 is 18.4. The van der Waals surface area contributed by atoms with Gasteiger partial charge in [-0.2, -0.15) is 0 Å². The van der Waals surface area contributed by atoms with Gasteiger partial charge in [0.05, 0.1) is 17.5 Å². The molecular formula is C14H11Cl2FO. The Morgan fingerprint density at radius 1 is 1.06 bits per heavy atom. The van der Waals surface area contributed by atoms with Crippen molar-refractivity contribution in [2.24, 2.45) is 0 Å². The highest BCUT2D eigenvalue weighted by molar-refractivity contribution is 6.30. The van der Waals surface area contributed by atoms with Gasteiger partial charge in [-0.1, -0.05) is 29.8 Å². The minimum atomic E-state index is -0.465. The summed E-state index contributed by atoms with van der Waals surface area (Å²) in [5.41, 5.74) is 1.54. The molecule has 0 saturated heterocycles. The molecule has 0 aliphatic carbocycles. The van der Waals surface area contributed by atoms with E-state index in [2.05, 4.69) is 0 Å². The fourth-order valence-electron chi connectivity index (χ4n) is 1.64. The fraction of sp³-hybridized carbons (Fsp3) is 0.143. The Balaban J connectivity index is 2.28. The first-order valence-electron chi connectivity index (χ1n) is 5.35. The molecule has 2 aromatic rings. The average molecular weight is 285 g/mol. The second-order valence-electron chi connectivity index (χ2n) is 3.81. The number of methoxy groups -OCH3 is 1. The molecule has 0 radical (unpaired) electrons. The topological polar surface area (TPSA) is 9.23 Å². The molecule has 4 heteroatoms. The third-order valence-electron chi connectivity index (χ3n) is 2.64. The maximum atomic E-state index is 13.4. The highest BCUT2D eigenvalue weighted by atomic mass is 35.5. The first kappa shape index (κ1) is 13.2. The zero-order valence-electron chi connectivity index (χ0n) is 9.66. The van der Waals surface area contributed by atoms with E-state index in [0.717, 1.165) is 11.3 Å². The van der Waals surface area contributed by atoms with Gasteiger partial charge in [0.1, 0.15) is 11.6 Å². The zero-order valence-corrected chi connectivity index (χ0v) is 11.2. The summed E-state index contributed by atoms with van der Waals surface area (Å²) in [4.78, 5) is 0. The van der Waals surface area contributed by atoms with Crippen LogP contribution in [0.3, 0.4) is 0 Å². The van der Waals surface area contributed by atoms with Crippen LogP contribution in [0.5, 0.6) is 5.75 Å². The van der Waals surface area contributed by atoms with Crippen molar-refractivity contribution in [3.05, 3.63) is 64.4 Å². The lowest BCUT2D eigenvalue weighted by atomic mass is 10.0. The van der Waals surface area contributed by atoms with Gasteiger partial charge in [0, 0.05) is 0 Å². The Kier molecular flexibility index (Phi) is 4.10. The van der Waals surface area contributed by atoms with Crippen LogP contribution in [0.4, 0.5) is 4.39 Å². The Labute approximate surface area is 115 Å². The van der Waals surface area contributed by atoms with Crippen molar-refractivity contribution < 1.29 is 9.13 Å². The number of benzene rings is 2. The molecule has 0 bridgehead atoms. The molecule has 0 N–H and O–H groups in total. The maximum Gasteiger partial charge on any atom is 0.142 e. The monoisotopic (exact) mass is 284 g/mol. The van der Waals surface area contributed by atoms with E-state index in [1.807, 2.05) is 24.3 Å². The van der Waals surface area contributed by atoms with Crippen molar-refractivity contribution in [1.82, 2.24) is 0 Å². The molecule has 0 aliphatic heterocycles.